The van der Waals surface area contributed by atoms with Gasteiger partial charge in [-0.05, 0) is 18.2 Å². The second kappa shape index (κ2) is 3.35. The molecule has 0 spiro atoms. The van der Waals surface area contributed by atoms with Gasteiger partial charge in [-0.3, -0.25) is 0 Å². The van der Waals surface area contributed by atoms with Crippen molar-refractivity contribution in [3.05, 3.63) is 35.7 Å². The maximum absolute atomic E-state index is 5.90. The van der Waals surface area contributed by atoms with Crippen LogP contribution in [0.15, 0.2) is 30.7 Å². The number of nitrogens with two attached hydrogens (primary N) is 1. The monoisotopic (exact) mass is 207 g/mol. The van der Waals surface area contributed by atoms with E-state index in [2.05, 4.69) is 4.98 Å². The van der Waals surface area contributed by atoms with Crippen LogP contribution >= 0.6 is 11.6 Å². The van der Waals surface area contributed by atoms with Crippen molar-refractivity contribution >= 4 is 17.3 Å². The topological polar surface area (TPSA) is 43.8 Å². The van der Waals surface area contributed by atoms with Crippen molar-refractivity contribution in [2.45, 2.75) is 0 Å². The number of hydrogen-bond donors (Lipinski definition) is 1. The van der Waals surface area contributed by atoms with Gasteiger partial charge in [0, 0.05) is 23.3 Å². The second-order valence-electron chi connectivity index (χ2n) is 3.12. The van der Waals surface area contributed by atoms with Crippen LogP contribution < -0.4 is 5.73 Å². The minimum Gasteiger partial charge on any atom is -0.398 e. The van der Waals surface area contributed by atoms with E-state index in [1.54, 1.807) is 24.7 Å². The Balaban J connectivity index is 2.62. The summed E-state index contributed by atoms with van der Waals surface area (Å²) < 4.78 is 1.90. The third-order valence-electron chi connectivity index (χ3n) is 2.11. The van der Waals surface area contributed by atoms with Crippen LogP contribution in [0.3, 0.4) is 0 Å². The van der Waals surface area contributed by atoms with E-state index in [0.717, 1.165) is 11.3 Å². The summed E-state index contributed by atoms with van der Waals surface area (Å²) in [5.41, 5.74) is 8.43. The Hall–Kier alpha value is -1.48. The molecule has 0 radical (unpaired) electrons. The fourth-order valence-electron chi connectivity index (χ4n) is 1.37. The first-order valence-electron chi connectivity index (χ1n) is 4.20. The Morgan fingerprint density at radius 3 is 2.86 bits per heavy atom. The second-order valence-corrected chi connectivity index (χ2v) is 3.56. The van der Waals surface area contributed by atoms with Gasteiger partial charge >= 0.3 is 0 Å². The van der Waals surface area contributed by atoms with E-state index in [0.29, 0.717) is 10.7 Å². The van der Waals surface area contributed by atoms with Crippen LogP contribution in [0.5, 0.6) is 0 Å². The van der Waals surface area contributed by atoms with Gasteiger partial charge in [-0.2, -0.15) is 0 Å². The average molecular weight is 208 g/mol. The SMILES string of the molecule is Cn1cncc1-c1cc(Cl)ccc1N. The molecular weight excluding hydrogens is 198 g/mol. The van der Waals surface area contributed by atoms with E-state index in [-0.39, 0.29) is 0 Å². The molecule has 0 aliphatic heterocycles. The molecule has 14 heavy (non-hydrogen) atoms. The molecule has 0 unspecified atom stereocenters. The maximum atomic E-state index is 5.90. The summed E-state index contributed by atoms with van der Waals surface area (Å²) in [7, 11) is 1.92. The number of halogens is 1. The van der Waals surface area contributed by atoms with Gasteiger partial charge in [0.1, 0.15) is 0 Å². The largest absolute Gasteiger partial charge is 0.398 e. The summed E-state index contributed by atoms with van der Waals surface area (Å²) in [5.74, 6) is 0. The fraction of sp³-hybridized carbons (Fsp3) is 0.100. The smallest absolute Gasteiger partial charge is 0.0948 e. The normalized spacial score (nSPS) is 10.4. The lowest BCUT2D eigenvalue weighted by atomic mass is 10.1. The highest BCUT2D eigenvalue weighted by Crippen LogP contribution is 2.27. The van der Waals surface area contributed by atoms with Crippen molar-refractivity contribution in [3.8, 4) is 11.3 Å². The van der Waals surface area contributed by atoms with Gasteiger partial charge in [-0.25, -0.2) is 4.98 Å². The molecule has 0 atom stereocenters. The molecule has 0 aliphatic carbocycles. The predicted octanol–water partition coefficient (Wildman–Crippen LogP) is 2.32. The van der Waals surface area contributed by atoms with Gasteiger partial charge in [0.25, 0.3) is 0 Å². The van der Waals surface area contributed by atoms with Crippen molar-refractivity contribution in [1.29, 1.82) is 0 Å². The molecule has 0 bridgehead atoms. The van der Waals surface area contributed by atoms with E-state index >= 15 is 0 Å². The molecule has 0 aliphatic rings. The predicted molar refractivity (Wildman–Crippen MR) is 58.1 cm³/mol. The number of nitrogens with zero attached hydrogens (tertiary/aromatic N) is 2. The number of anilines is 1. The Kier molecular flexibility index (Phi) is 2.17. The first-order chi connectivity index (χ1) is 6.68. The highest BCUT2D eigenvalue weighted by Gasteiger charge is 2.06. The van der Waals surface area contributed by atoms with Gasteiger partial charge in [-0.15, -0.1) is 0 Å². The Morgan fingerprint density at radius 2 is 2.21 bits per heavy atom. The van der Waals surface area contributed by atoms with Gasteiger partial charge in [0.05, 0.1) is 18.2 Å². The van der Waals surface area contributed by atoms with Gasteiger partial charge in [0.15, 0.2) is 0 Å². The van der Waals surface area contributed by atoms with Gasteiger partial charge < -0.3 is 10.3 Å². The summed E-state index contributed by atoms with van der Waals surface area (Å²) in [6, 6.07) is 5.41. The molecule has 0 amide bonds. The fourth-order valence-corrected chi connectivity index (χ4v) is 1.54. The first kappa shape index (κ1) is 9.09. The molecule has 0 saturated heterocycles. The van der Waals surface area contributed by atoms with E-state index < -0.39 is 0 Å². The number of benzene rings is 1. The lowest BCUT2D eigenvalue weighted by Crippen LogP contribution is -1.94. The summed E-state index contributed by atoms with van der Waals surface area (Å²) in [6.45, 7) is 0. The van der Waals surface area contributed by atoms with Gasteiger partial charge in [-0.1, -0.05) is 11.6 Å². The molecule has 0 fully saturated rings. The molecule has 3 nitrogen and oxygen atoms in total. The number of aryl methyl sites for hydroxylation is 1. The number of imidazole rings is 1. The first-order valence-corrected chi connectivity index (χ1v) is 4.58. The molecule has 2 aromatic rings. The zero-order chi connectivity index (χ0) is 10.1. The third-order valence-corrected chi connectivity index (χ3v) is 2.34. The molecule has 1 aromatic carbocycles. The molecular formula is C10H10ClN3. The lowest BCUT2D eigenvalue weighted by molar-refractivity contribution is 0.922. The zero-order valence-electron chi connectivity index (χ0n) is 7.74. The minimum absolute atomic E-state index is 0.676. The van der Waals surface area contributed by atoms with Crippen LogP contribution in [0.25, 0.3) is 11.3 Å². The number of nitrogen functional groups attached to an aromatic ring is 1. The van der Waals surface area contributed by atoms with Crippen molar-refractivity contribution in [2.75, 3.05) is 5.73 Å². The van der Waals surface area contributed by atoms with Crippen LogP contribution in [0, 0.1) is 0 Å². The van der Waals surface area contributed by atoms with Crippen LogP contribution in [0.2, 0.25) is 5.02 Å². The van der Waals surface area contributed by atoms with Crippen LogP contribution in [-0.2, 0) is 7.05 Å². The quantitative estimate of drug-likeness (QED) is 0.730. The van der Waals surface area contributed by atoms with E-state index in [1.807, 2.05) is 17.7 Å². The van der Waals surface area contributed by atoms with E-state index in [1.165, 1.54) is 0 Å². The highest BCUT2D eigenvalue weighted by atomic mass is 35.5. The summed E-state index contributed by atoms with van der Waals surface area (Å²) in [5, 5.41) is 0.676. The molecule has 2 N–H and O–H groups in total. The zero-order valence-corrected chi connectivity index (χ0v) is 8.49. The minimum atomic E-state index is 0.676. The number of rotatable bonds is 1. The highest BCUT2D eigenvalue weighted by molar-refractivity contribution is 6.31. The van der Waals surface area contributed by atoms with Crippen LogP contribution in [0.1, 0.15) is 0 Å². The standard InChI is InChI=1S/C10H10ClN3/c1-14-6-13-5-10(14)8-4-7(11)2-3-9(8)12/h2-6H,12H2,1H3. The summed E-state index contributed by atoms with van der Waals surface area (Å²) in [6.07, 6.45) is 3.50. The molecule has 72 valence electrons. The number of aromatic nitrogens is 2. The van der Waals surface area contributed by atoms with Crippen molar-refractivity contribution < 1.29 is 0 Å². The lowest BCUT2D eigenvalue weighted by Gasteiger charge is -2.06. The van der Waals surface area contributed by atoms with Crippen molar-refractivity contribution in [3.63, 3.8) is 0 Å². The van der Waals surface area contributed by atoms with E-state index in [4.69, 9.17) is 17.3 Å². The Bertz CT molecular complexity index is 462. The molecule has 0 saturated carbocycles. The third kappa shape index (κ3) is 1.46. The van der Waals surface area contributed by atoms with E-state index in [9.17, 15) is 0 Å². The van der Waals surface area contributed by atoms with Crippen molar-refractivity contribution in [2.24, 2.45) is 7.05 Å². The van der Waals surface area contributed by atoms with Gasteiger partial charge in [0.2, 0.25) is 0 Å². The summed E-state index contributed by atoms with van der Waals surface area (Å²) in [4.78, 5) is 4.03. The number of hydrogen-bond acceptors (Lipinski definition) is 2. The molecule has 4 heteroatoms. The maximum Gasteiger partial charge on any atom is 0.0948 e. The van der Waals surface area contributed by atoms with Crippen LogP contribution in [-0.4, -0.2) is 9.55 Å². The average Bonchev–Trinajstić information content (AvgIpc) is 2.56. The Labute approximate surface area is 87.1 Å². The molecule has 2 rings (SSSR count). The summed E-state index contributed by atoms with van der Waals surface area (Å²) >= 11 is 5.90. The molecule has 1 aromatic heterocycles. The van der Waals surface area contributed by atoms with Crippen molar-refractivity contribution in [1.82, 2.24) is 9.55 Å². The van der Waals surface area contributed by atoms with Crippen LogP contribution in [0.4, 0.5) is 5.69 Å². The Morgan fingerprint density at radius 1 is 1.43 bits per heavy atom. The molecule has 1 heterocycles.